The number of benzene rings is 2. The molecule has 0 radical (unpaired) electrons. The molecule has 2 aromatic rings. The zero-order valence-electron chi connectivity index (χ0n) is 16.6. The van der Waals surface area contributed by atoms with Crippen LogP contribution in [0.1, 0.15) is 6.42 Å². The molecular weight excluding hydrogens is 440 g/mol. The van der Waals surface area contributed by atoms with Crippen LogP contribution in [0.25, 0.3) is 0 Å². The van der Waals surface area contributed by atoms with Crippen molar-refractivity contribution < 1.29 is 18.0 Å². The van der Waals surface area contributed by atoms with Gasteiger partial charge in [0.15, 0.2) is 0 Å². The van der Waals surface area contributed by atoms with Gasteiger partial charge in [0.1, 0.15) is 5.70 Å². The lowest BCUT2D eigenvalue weighted by atomic mass is 10.2. The lowest BCUT2D eigenvalue weighted by Gasteiger charge is -2.36. The number of nitrogens with zero attached hydrogens (tertiary/aromatic N) is 3. The highest BCUT2D eigenvalue weighted by molar-refractivity contribution is 7.89. The first-order valence-electron chi connectivity index (χ1n) is 9.76. The van der Waals surface area contributed by atoms with Crippen LogP contribution in [-0.4, -0.2) is 55.6 Å². The summed E-state index contributed by atoms with van der Waals surface area (Å²) in [6, 6.07) is 15.0. The van der Waals surface area contributed by atoms with E-state index >= 15 is 0 Å². The molecule has 2 aromatic carbocycles. The average molecular weight is 461 g/mol. The highest BCUT2D eigenvalue weighted by atomic mass is 35.5. The molecule has 4 rings (SSSR count). The Bertz CT molecular complexity index is 1110. The van der Waals surface area contributed by atoms with Gasteiger partial charge in [-0.05, 0) is 42.5 Å². The van der Waals surface area contributed by atoms with Crippen molar-refractivity contribution in [1.29, 1.82) is 0 Å². The van der Waals surface area contributed by atoms with Gasteiger partial charge in [0.05, 0.1) is 10.6 Å². The summed E-state index contributed by atoms with van der Waals surface area (Å²) in [5.41, 5.74) is 3.74. The number of hydrogen-bond donors (Lipinski definition) is 1. The number of rotatable bonds is 4. The lowest BCUT2D eigenvalue weighted by molar-refractivity contribution is -0.129. The summed E-state index contributed by atoms with van der Waals surface area (Å²) in [7, 11) is -3.59. The molecule has 0 spiro atoms. The number of carbonyl (C=O) groups excluding carboxylic acids is 2. The number of hydrazine groups is 1. The molecule has 1 N–H and O–H groups in total. The second-order valence-electron chi connectivity index (χ2n) is 7.15. The fourth-order valence-electron chi connectivity index (χ4n) is 3.49. The number of nitrogens with one attached hydrogen (secondary N) is 1. The number of anilines is 1. The standard InChI is InChI=1S/C21H21ClN4O4S/c22-16-6-8-17(9-7-16)26-20(27)11-10-19(23-26)21(28)24-12-14-25(15-13-24)31(29,30)18-4-2-1-3-5-18/h1-10,23H,11-15H2. The number of carbonyl (C=O) groups is 2. The van der Waals surface area contributed by atoms with Crippen LogP contribution in [-0.2, 0) is 19.6 Å². The first-order chi connectivity index (χ1) is 14.9. The minimum absolute atomic E-state index is 0.0824. The van der Waals surface area contributed by atoms with Gasteiger partial charge in [-0.3, -0.25) is 15.0 Å². The maximum Gasteiger partial charge on any atom is 0.271 e. The maximum absolute atomic E-state index is 13.0. The van der Waals surface area contributed by atoms with Crippen molar-refractivity contribution in [2.45, 2.75) is 11.3 Å². The summed E-state index contributed by atoms with van der Waals surface area (Å²) in [5.74, 6) is -0.471. The predicted octanol–water partition coefficient (Wildman–Crippen LogP) is 2.00. The van der Waals surface area contributed by atoms with Crippen LogP contribution < -0.4 is 10.4 Å². The molecule has 0 saturated carbocycles. The summed E-state index contributed by atoms with van der Waals surface area (Å²) in [5, 5.41) is 1.86. The Labute approximate surface area is 185 Å². The smallest absolute Gasteiger partial charge is 0.271 e. The van der Waals surface area contributed by atoms with Gasteiger partial charge in [-0.25, -0.2) is 13.4 Å². The van der Waals surface area contributed by atoms with Crippen molar-refractivity contribution in [3.8, 4) is 0 Å². The van der Waals surface area contributed by atoms with E-state index in [4.69, 9.17) is 11.6 Å². The predicted molar refractivity (Wildman–Crippen MR) is 117 cm³/mol. The van der Waals surface area contributed by atoms with Gasteiger partial charge in [-0.15, -0.1) is 0 Å². The quantitative estimate of drug-likeness (QED) is 0.753. The topological polar surface area (TPSA) is 90.0 Å². The van der Waals surface area contributed by atoms with E-state index in [1.54, 1.807) is 65.6 Å². The first-order valence-corrected chi connectivity index (χ1v) is 11.6. The van der Waals surface area contributed by atoms with E-state index in [2.05, 4.69) is 5.43 Å². The van der Waals surface area contributed by atoms with E-state index in [-0.39, 0.29) is 55.0 Å². The molecule has 2 amide bonds. The zero-order chi connectivity index (χ0) is 22.0. The largest absolute Gasteiger partial charge is 0.335 e. The summed E-state index contributed by atoms with van der Waals surface area (Å²) in [6.45, 7) is 0.934. The van der Waals surface area contributed by atoms with Gasteiger partial charge >= 0.3 is 0 Å². The molecule has 2 aliphatic heterocycles. The summed E-state index contributed by atoms with van der Waals surface area (Å²) >= 11 is 5.91. The maximum atomic E-state index is 13.0. The Morgan fingerprint density at radius 1 is 0.935 bits per heavy atom. The molecule has 31 heavy (non-hydrogen) atoms. The van der Waals surface area contributed by atoms with Gasteiger partial charge in [0.25, 0.3) is 5.91 Å². The number of hydrogen-bond acceptors (Lipinski definition) is 5. The molecule has 0 aromatic heterocycles. The fourth-order valence-corrected chi connectivity index (χ4v) is 5.06. The Morgan fingerprint density at radius 3 is 2.23 bits per heavy atom. The van der Waals surface area contributed by atoms with Crippen molar-refractivity contribution in [1.82, 2.24) is 14.6 Å². The highest BCUT2D eigenvalue weighted by Crippen LogP contribution is 2.22. The van der Waals surface area contributed by atoms with E-state index < -0.39 is 10.0 Å². The SMILES string of the molecule is O=C(C1=CCC(=O)N(c2ccc(Cl)cc2)N1)N1CCN(S(=O)(=O)c2ccccc2)CC1. The van der Waals surface area contributed by atoms with Crippen molar-refractivity contribution in [3.05, 3.63) is 71.4 Å². The van der Waals surface area contributed by atoms with Crippen molar-refractivity contribution in [2.24, 2.45) is 0 Å². The van der Waals surface area contributed by atoms with Crippen LogP contribution in [0.15, 0.2) is 71.3 Å². The second kappa shape index (κ2) is 8.70. The lowest BCUT2D eigenvalue weighted by Crippen LogP contribution is -2.54. The first kappa shape index (κ1) is 21.4. The van der Waals surface area contributed by atoms with Crippen molar-refractivity contribution >= 4 is 39.1 Å². The minimum Gasteiger partial charge on any atom is -0.335 e. The van der Waals surface area contributed by atoms with Crippen LogP contribution in [0.2, 0.25) is 5.02 Å². The number of halogens is 1. The van der Waals surface area contributed by atoms with Crippen molar-refractivity contribution in [3.63, 3.8) is 0 Å². The van der Waals surface area contributed by atoms with Gasteiger partial charge in [0.2, 0.25) is 15.9 Å². The molecule has 10 heteroatoms. The third-order valence-corrected chi connectivity index (χ3v) is 7.35. The molecular formula is C21H21ClN4O4S. The van der Waals surface area contributed by atoms with E-state index in [1.165, 1.54) is 9.31 Å². The Balaban J connectivity index is 1.42. The van der Waals surface area contributed by atoms with Gasteiger partial charge < -0.3 is 4.90 Å². The summed E-state index contributed by atoms with van der Waals surface area (Å²) in [6.07, 6.45) is 1.64. The van der Waals surface area contributed by atoms with Gasteiger partial charge in [-0.1, -0.05) is 29.8 Å². The molecule has 2 heterocycles. The average Bonchev–Trinajstić information content (AvgIpc) is 2.80. The van der Waals surface area contributed by atoms with Gasteiger partial charge in [-0.2, -0.15) is 4.31 Å². The summed E-state index contributed by atoms with van der Waals surface area (Å²) < 4.78 is 26.9. The van der Waals surface area contributed by atoms with E-state index in [0.717, 1.165) is 0 Å². The Kier molecular flexibility index (Phi) is 5.99. The van der Waals surface area contributed by atoms with Crippen molar-refractivity contribution in [2.75, 3.05) is 31.2 Å². The van der Waals surface area contributed by atoms with Gasteiger partial charge in [0, 0.05) is 37.6 Å². The zero-order valence-corrected chi connectivity index (χ0v) is 18.1. The monoisotopic (exact) mass is 460 g/mol. The van der Waals surface area contributed by atoms with Crippen LogP contribution in [0.5, 0.6) is 0 Å². The third kappa shape index (κ3) is 4.43. The third-order valence-electron chi connectivity index (χ3n) is 5.18. The molecule has 8 nitrogen and oxygen atoms in total. The Hall–Kier alpha value is -2.88. The van der Waals surface area contributed by atoms with E-state index in [9.17, 15) is 18.0 Å². The minimum atomic E-state index is -3.59. The van der Waals surface area contributed by atoms with E-state index in [1.807, 2.05) is 0 Å². The molecule has 162 valence electrons. The Morgan fingerprint density at radius 2 is 1.58 bits per heavy atom. The molecule has 0 bridgehead atoms. The number of sulfonamides is 1. The molecule has 1 fully saturated rings. The molecule has 0 atom stereocenters. The van der Waals surface area contributed by atoms with Crippen LogP contribution in [0.3, 0.4) is 0 Å². The molecule has 0 aliphatic carbocycles. The number of amides is 2. The van der Waals surface area contributed by atoms with E-state index in [0.29, 0.717) is 10.7 Å². The number of piperazine rings is 1. The highest BCUT2D eigenvalue weighted by Gasteiger charge is 2.32. The van der Waals surface area contributed by atoms with Crippen LogP contribution in [0, 0.1) is 0 Å². The summed E-state index contributed by atoms with van der Waals surface area (Å²) in [4.78, 5) is 27.1. The van der Waals surface area contributed by atoms with Crippen LogP contribution >= 0.6 is 11.6 Å². The van der Waals surface area contributed by atoms with Crippen LogP contribution in [0.4, 0.5) is 5.69 Å². The normalized spacial score (nSPS) is 17.8. The molecule has 0 unspecified atom stereocenters. The second-order valence-corrected chi connectivity index (χ2v) is 9.52. The fraction of sp³-hybridized carbons (Fsp3) is 0.238. The molecule has 2 aliphatic rings. The molecule has 1 saturated heterocycles.